The molecule has 0 spiro atoms. The Balaban J connectivity index is 2.40. The van der Waals surface area contributed by atoms with Crippen LogP contribution in [0.5, 0.6) is 0 Å². The first-order valence-electron chi connectivity index (χ1n) is 5.77. The molecular formula is C14H13NO2. The molecule has 0 saturated carbocycles. The third kappa shape index (κ3) is 1.28. The standard InChI is InChI=1S/C14H13NO2/c1-8-3-5-10-9(7-8)4-6-11-12(10)14(17)15(2)13(11)16/h4-8H,3H2,1-2H3. The molecule has 3 heteroatoms. The summed E-state index contributed by atoms with van der Waals surface area (Å²) in [6.07, 6.45) is 5.16. The van der Waals surface area contributed by atoms with Crippen LogP contribution in [0, 0.1) is 5.92 Å². The first-order chi connectivity index (χ1) is 8.09. The average molecular weight is 227 g/mol. The molecule has 0 aromatic heterocycles. The molecule has 1 heterocycles. The normalized spacial score (nSPS) is 21.8. The molecule has 0 N–H and O–H groups in total. The molecule has 86 valence electrons. The van der Waals surface area contributed by atoms with Gasteiger partial charge < -0.3 is 0 Å². The van der Waals surface area contributed by atoms with E-state index < -0.39 is 0 Å². The van der Waals surface area contributed by atoms with Crippen LogP contribution in [0.15, 0.2) is 12.1 Å². The number of hydrogen-bond acceptors (Lipinski definition) is 2. The van der Waals surface area contributed by atoms with Crippen LogP contribution in [0.25, 0.3) is 12.2 Å². The van der Waals surface area contributed by atoms with Gasteiger partial charge in [-0.15, -0.1) is 0 Å². The lowest BCUT2D eigenvalue weighted by molar-refractivity contribution is 0.0693. The summed E-state index contributed by atoms with van der Waals surface area (Å²) in [6.45, 7) is 2.14. The van der Waals surface area contributed by atoms with Crippen molar-refractivity contribution in [3.63, 3.8) is 0 Å². The van der Waals surface area contributed by atoms with Crippen LogP contribution >= 0.6 is 0 Å². The zero-order chi connectivity index (χ0) is 12.2. The second-order valence-electron chi connectivity index (χ2n) is 4.74. The quantitative estimate of drug-likeness (QED) is 0.606. The molecule has 1 atom stereocenters. The van der Waals surface area contributed by atoms with Gasteiger partial charge in [0.1, 0.15) is 0 Å². The molecule has 2 amide bonds. The molecule has 0 bridgehead atoms. The van der Waals surface area contributed by atoms with Crippen molar-refractivity contribution in [1.29, 1.82) is 0 Å². The average Bonchev–Trinajstić information content (AvgIpc) is 2.54. The fourth-order valence-corrected chi connectivity index (χ4v) is 2.53. The number of hydrogen-bond donors (Lipinski definition) is 0. The lowest BCUT2D eigenvalue weighted by atomic mass is 9.95. The van der Waals surface area contributed by atoms with Gasteiger partial charge in [-0.2, -0.15) is 0 Å². The number of amides is 2. The van der Waals surface area contributed by atoms with Crippen LogP contribution < -0.4 is 10.4 Å². The molecule has 0 fully saturated rings. The topological polar surface area (TPSA) is 37.4 Å². The number of benzene rings is 1. The zero-order valence-electron chi connectivity index (χ0n) is 9.86. The van der Waals surface area contributed by atoms with Crippen molar-refractivity contribution in [2.45, 2.75) is 13.3 Å². The highest BCUT2D eigenvalue weighted by Gasteiger charge is 2.33. The summed E-state index contributed by atoms with van der Waals surface area (Å²) < 4.78 is 0. The minimum Gasteiger partial charge on any atom is -0.277 e. The molecule has 1 aromatic rings. The second kappa shape index (κ2) is 3.29. The number of carbonyl (C=O) groups excluding carboxylic acids is 2. The van der Waals surface area contributed by atoms with Crippen molar-refractivity contribution >= 4 is 24.0 Å². The van der Waals surface area contributed by atoms with Crippen LogP contribution in [-0.4, -0.2) is 23.8 Å². The SMILES string of the molecule is CC1C=c2ccc3c(c2=CC1)C(=O)N(C)C3=O. The molecule has 1 unspecified atom stereocenters. The molecule has 2 aliphatic rings. The highest BCUT2D eigenvalue weighted by atomic mass is 16.2. The highest BCUT2D eigenvalue weighted by molar-refractivity contribution is 6.21. The molecule has 1 aromatic carbocycles. The van der Waals surface area contributed by atoms with Crippen molar-refractivity contribution in [2.24, 2.45) is 5.92 Å². The third-order valence-electron chi connectivity index (χ3n) is 3.49. The summed E-state index contributed by atoms with van der Waals surface area (Å²) in [4.78, 5) is 25.1. The predicted molar refractivity (Wildman–Crippen MR) is 64.8 cm³/mol. The number of rotatable bonds is 0. The fourth-order valence-electron chi connectivity index (χ4n) is 2.53. The maximum atomic E-state index is 12.0. The van der Waals surface area contributed by atoms with Crippen LogP contribution in [0.2, 0.25) is 0 Å². The molecule has 3 nitrogen and oxygen atoms in total. The molecule has 1 aliphatic heterocycles. The van der Waals surface area contributed by atoms with Gasteiger partial charge in [0.25, 0.3) is 11.8 Å². The minimum absolute atomic E-state index is 0.180. The van der Waals surface area contributed by atoms with Crippen molar-refractivity contribution in [1.82, 2.24) is 4.90 Å². The summed E-state index contributed by atoms with van der Waals surface area (Å²) in [5.41, 5.74) is 1.12. The minimum atomic E-state index is -0.195. The van der Waals surface area contributed by atoms with E-state index in [1.54, 1.807) is 6.07 Å². The third-order valence-corrected chi connectivity index (χ3v) is 3.49. The number of nitrogens with zero attached hydrogens (tertiary/aromatic N) is 1. The summed E-state index contributed by atoms with van der Waals surface area (Å²) in [6, 6.07) is 3.70. The zero-order valence-corrected chi connectivity index (χ0v) is 9.86. The fraction of sp³-hybridized carbons (Fsp3) is 0.286. The Morgan fingerprint density at radius 2 is 2.00 bits per heavy atom. The first kappa shape index (κ1) is 10.3. The van der Waals surface area contributed by atoms with E-state index in [0.717, 1.165) is 16.9 Å². The molecule has 3 rings (SSSR count). The lowest BCUT2D eigenvalue weighted by Crippen LogP contribution is -2.34. The molecule has 1 aliphatic carbocycles. The van der Waals surface area contributed by atoms with Gasteiger partial charge in [0.2, 0.25) is 0 Å². The van der Waals surface area contributed by atoms with Gasteiger partial charge in [-0.1, -0.05) is 25.1 Å². The Labute approximate surface area is 99.0 Å². The summed E-state index contributed by atoms with van der Waals surface area (Å²) in [5.74, 6) is 0.117. The van der Waals surface area contributed by atoms with Crippen molar-refractivity contribution in [2.75, 3.05) is 7.05 Å². The number of imide groups is 1. The van der Waals surface area contributed by atoms with Gasteiger partial charge in [0, 0.05) is 7.05 Å². The Morgan fingerprint density at radius 1 is 1.24 bits per heavy atom. The van der Waals surface area contributed by atoms with E-state index in [-0.39, 0.29) is 11.8 Å². The summed E-state index contributed by atoms with van der Waals surface area (Å²) in [7, 11) is 1.53. The Morgan fingerprint density at radius 3 is 2.76 bits per heavy atom. The van der Waals surface area contributed by atoms with Gasteiger partial charge in [0.15, 0.2) is 0 Å². The first-order valence-corrected chi connectivity index (χ1v) is 5.77. The molecule has 0 radical (unpaired) electrons. The van der Waals surface area contributed by atoms with Gasteiger partial charge in [0.05, 0.1) is 11.1 Å². The van der Waals surface area contributed by atoms with E-state index in [1.807, 2.05) is 6.07 Å². The van der Waals surface area contributed by atoms with Gasteiger partial charge >= 0.3 is 0 Å². The Bertz CT molecular complexity index is 658. The van der Waals surface area contributed by atoms with Crippen molar-refractivity contribution in [3.8, 4) is 0 Å². The van der Waals surface area contributed by atoms with Crippen LogP contribution in [0.3, 0.4) is 0 Å². The van der Waals surface area contributed by atoms with Crippen molar-refractivity contribution in [3.05, 3.63) is 33.7 Å². The highest BCUT2D eigenvalue weighted by Crippen LogP contribution is 2.18. The van der Waals surface area contributed by atoms with Crippen LogP contribution in [0.4, 0.5) is 0 Å². The van der Waals surface area contributed by atoms with E-state index in [2.05, 4.69) is 19.1 Å². The van der Waals surface area contributed by atoms with Gasteiger partial charge in [-0.3, -0.25) is 14.5 Å². The molecule has 17 heavy (non-hydrogen) atoms. The molecule has 0 saturated heterocycles. The van der Waals surface area contributed by atoms with Gasteiger partial charge in [-0.05, 0) is 28.8 Å². The predicted octanol–water partition coefficient (Wildman–Crippen LogP) is 0.513. The van der Waals surface area contributed by atoms with Crippen LogP contribution in [-0.2, 0) is 0 Å². The molecular weight excluding hydrogens is 214 g/mol. The van der Waals surface area contributed by atoms with Crippen molar-refractivity contribution < 1.29 is 9.59 Å². The van der Waals surface area contributed by atoms with E-state index in [1.165, 1.54) is 11.9 Å². The van der Waals surface area contributed by atoms with E-state index in [4.69, 9.17) is 0 Å². The Kier molecular flexibility index (Phi) is 1.99. The second-order valence-corrected chi connectivity index (χ2v) is 4.74. The smallest absolute Gasteiger partial charge is 0.261 e. The largest absolute Gasteiger partial charge is 0.277 e. The number of fused-ring (bicyclic) bond motifs is 3. The van der Waals surface area contributed by atoms with Gasteiger partial charge in [-0.25, -0.2) is 0 Å². The monoisotopic (exact) mass is 227 g/mol. The number of carbonyl (C=O) groups is 2. The van der Waals surface area contributed by atoms with E-state index in [0.29, 0.717) is 17.0 Å². The summed E-state index contributed by atoms with van der Waals surface area (Å²) in [5, 5.41) is 2.00. The van der Waals surface area contributed by atoms with E-state index >= 15 is 0 Å². The summed E-state index contributed by atoms with van der Waals surface area (Å²) >= 11 is 0. The maximum Gasteiger partial charge on any atom is 0.261 e. The Hall–Kier alpha value is -1.90. The van der Waals surface area contributed by atoms with E-state index in [9.17, 15) is 9.59 Å². The van der Waals surface area contributed by atoms with Crippen LogP contribution in [0.1, 0.15) is 34.1 Å². The maximum absolute atomic E-state index is 12.0. The lowest BCUT2D eigenvalue weighted by Gasteiger charge is -2.09.